The molecule has 2 aromatic rings. The third-order valence-electron chi connectivity index (χ3n) is 3.31. The Hall–Kier alpha value is -2.45. The van der Waals surface area contributed by atoms with Crippen molar-refractivity contribution in [1.82, 2.24) is 4.31 Å². The van der Waals surface area contributed by atoms with Crippen molar-refractivity contribution in [3.05, 3.63) is 64.2 Å². The van der Waals surface area contributed by atoms with Crippen LogP contribution in [0.25, 0.3) is 0 Å². The molecule has 0 amide bonds. The van der Waals surface area contributed by atoms with Gasteiger partial charge in [-0.25, -0.2) is 8.42 Å². The van der Waals surface area contributed by atoms with Crippen molar-refractivity contribution in [2.24, 2.45) is 0 Å². The molecular weight excluding hydrogens is 320 g/mol. The lowest BCUT2D eigenvalue weighted by molar-refractivity contribution is -0.387. The Labute approximate surface area is 134 Å². The van der Waals surface area contributed by atoms with E-state index in [0.717, 1.165) is 9.87 Å². The summed E-state index contributed by atoms with van der Waals surface area (Å²) in [5.41, 5.74) is 0.310. The van der Waals surface area contributed by atoms with Crippen molar-refractivity contribution >= 4 is 15.7 Å². The van der Waals surface area contributed by atoms with Gasteiger partial charge in [-0.15, -0.1) is 0 Å². The molecule has 0 radical (unpaired) electrons. The third kappa shape index (κ3) is 3.66. The maximum Gasteiger partial charge on any atom is 0.289 e. The van der Waals surface area contributed by atoms with E-state index in [1.807, 2.05) is 0 Å². The first-order valence-electron chi connectivity index (χ1n) is 6.69. The van der Waals surface area contributed by atoms with Crippen LogP contribution in [0.4, 0.5) is 5.69 Å². The molecule has 0 bridgehead atoms. The molecule has 0 saturated carbocycles. The van der Waals surface area contributed by atoms with Gasteiger partial charge in [-0.1, -0.05) is 24.3 Å². The number of nitro groups is 1. The second kappa shape index (κ2) is 6.76. The van der Waals surface area contributed by atoms with E-state index in [1.54, 1.807) is 31.4 Å². The summed E-state index contributed by atoms with van der Waals surface area (Å²) in [6.07, 6.45) is 0. The van der Waals surface area contributed by atoms with Gasteiger partial charge < -0.3 is 4.74 Å². The minimum Gasteiger partial charge on any atom is -0.497 e. The Morgan fingerprint density at radius 2 is 1.74 bits per heavy atom. The standard InChI is InChI=1S/C15H16N2O5S/c1-16(11-12-7-9-13(22-2)10-8-12)23(20,21)15-6-4-3-5-14(15)17(18)19/h3-10H,11H2,1-2H3. The largest absolute Gasteiger partial charge is 0.497 e. The summed E-state index contributed by atoms with van der Waals surface area (Å²) in [5, 5.41) is 11.0. The second-order valence-electron chi connectivity index (χ2n) is 4.83. The second-order valence-corrected chi connectivity index (χ2v) is 6.85. The lowest BCUT2D eigenvalue weighted by atomic mass is 10.2. The zero-order chi connectivity index (χ0) is 17.0. The van der Waals surface area contributed by atoms with Gasteiger partial charge in [0.05, 0.1) is 12.0 Å². The molecule has 0 aromatic heterocycles. The molecule has 0 unspecified atom stereocenters. The number of sulfonamides is 1. The summed E-state index contributed by atoms with van der Waals surface area (Å²) >= 11 is 0. The monoisotopic (exact) mass is 336 g/mol. The zero-order valence-electron chi connectivity index (χ0n) is 12.7. The van der Waals surface area contributed by atoms with Gasteiger partial charge >= 0.3 is 0 Å². The number of para-hydroxylation sites is 1. The molecule has 23 heavy (non-hydrogen) atoms. The molecule has 0 saturated heterocycles. The topological polar surface area (TPSA) is 89.8 Å². The first-order valence-corrected chi connectivity index (χ1v) is 8.13. The van der Waals surface area contributed by atoms with Crippen LogP contribution >= 0.6 is 0 Å². The Bertz CT molecular complexity index is 803. The third-order valence-corrected chi connectivity index (χ3v) is 5.17. The van der Waals surface area contributed by atoms with E-state index in [2.05, 4.69) is 0 Å². The molecule has 0 N–H and O–H groups in total. The van der Waals surface area contributed by atoms with Crippen molar-refractivity contribution in [3.8, 4) is 5.75 Å². The molecule has 0 spiro atoms. The van der Waals surface area contributed by atoms with Crippen molar-refractivity contribution in [1.29, 1.82) is 0 Å². The van der Waals surface area contributed by atoms with Crippen molar-refractivity contribution < 1.29 is 18.1 Å². The Kier molecular flexibility index (Phi) is 4.97. The van der Waals surface area contributed by atoms with Gasteiger partial charge in [0.25, 0.3) is 5.69 Å². The highest BCUT2D eigenvalue weighted by Gasteiger charge is 2.29. The van der Waals surface area contributed by atoms with E-state index in [-0.39, 0.29) is 11.4 Å². The van der Waals surface area contributed by atoms with Gasteiger partial charge in [0.2, 0.25) is 10.0 Å². The number of hydrogen-bond acceptors (Lipinski definition) is 5. The maximum absolute atomic E-state index is 12.6. The minimum atomic E-state index is -3.97. The first-order chi connectivity index (χ1) is 10.9. The van der Waals surface area contributed by atoms with Crippen LogP contribution in [-0.2, 0) is 16.6 Å². The van der Waals surface area contributed by atoms with E-state index in [1.165, 1.54) is 31.3 Å². The van der Waals surface area contributed by atoms with E-state index in [0.29, 0.717) is 5.75 Å². The van der Waals surface area contributed by atoms with E-state index in [9.17, 15) is 18.5 Å². The molecule has 2 rings (SSSR count). The fraction of sp³-hybridized carbons (Fsp3) is 0.200. The number of benzene rings is 2. The van der Waals surface area contributed by atoms with Crippen LogP contribution < -0.4 is 4.74 Å². The van der Waals surface area contributed by atoms with Crippen molar-refractivity contribution in [3.63, 3.8) is 0 Å². The van der Waals surface area contributed by atoms with Gasteiger partial charge in [-0.3, -0.25) is 10.1 Å². The zero-order valence-corrected chi connectivity index (χ0v) is 13.5. The van der Waals surface area contributed by atoms with Crippen LogP contribution in [0.3, 0.4) is 0 Å². The molecule has 0 aliphatic rings. The molecule has 0 heterocycles. The maximum atomic E-state index is 12.6. The fourth-order valence-electron chi connectivity index (χ4n) is 2.07. The molecule has 0 aliphatic heterocycles. The SMILES string of the molecule is COc1ccc(CN(C)S(=O)(=O)c2ccccc2[N+](=O)[O-])cc1. The smallest absolute Gasteiger partial charge is 0.289 e. The summed E-state index contributed by atoms with van der Waals surface area (Å²) in [5.74, 6) is 0.665. The molecule has 0 aliphatic carbocycles. The predicted molar refractivity (Wildman–Crippen MR) is 84.7 cm³/mol. The number of hydrogen-bond donors (Lipinski definition) is 0. The summed E-state index contributed by atoms with van der Waals surface area (Å²) in [6, 6.07) is 12.2. The molecule has 0 atom stereocenters. The van der Waals surface area contributed by atoms with Crippen LogP contribution in [0, 0.1) is 10.1 Å². The molecule has 0 fully saturated rings. The predicted octanol–water partition coefficient (Wildman–Crippen LogP) is 2.42. The summed E-state index contributed by atoms with van der Waals surface area (Å²) < 4.78 is 31.3. The number of nitro benzene ring substituents is 1. The van der Waals surface area contributed by atoms with Crippen LogP contribution in [0.5, 0.6) is 5.75 Å². The Balaban J connectivity index is 2.30. The number of ether oxygens (including phenoxy) is 1. The summed E-state index contributed by atoms with van der Waals surface area (Å²) in [4.78, 5) is 10.0. The van der Waals surface area contributed by atoms with Crippen molar-refractivity contribution in [2.75, 3.05) is 14.2 Å². The number of nitrogens with zero attached hydrogens (tertiary/aromatic N) is 2. The van der Waals surface area contributed by atoms with Gasteiger partial charge in [0, 0.05) is 19.7 Å². The Morgan fingerprint density at radius 1 is 1.13 bits per heavy atom. The molecule has 7 nitrogen and oxygen atoms in total. The normalized spacial score (nSPS) is 11.4. The summed E-state index contributed by atoms with van der Waals surface area (Å²) in [7, 11) is -1.04. The van der Waals surface area contributed by atoms with Crippen molar-refractivity contribution in [2.45, 2.75) is 11.4 Å². The average molecular weight is 336 g/mol. The van der Waals surface area contributed by atoms with E-state index < -0.39 is 20.6 Å². The van der Waals surface area contributed by atoms with Gasteiger partial charge in [-0.2, -0.15) is 4.31 Å². The van der Waals surface area contributed by atoms with Crippen LogP contribution in [0.1, 0.15) is 5.56 Å². The number of rotatable bonds is 6. The highest BCUT2D eigenvalue weighted by atomic mass is 32.2. The quantitative estimate of drug-likeness (QED) is 0.597. The molecule has 122 valence electrons. The summed E-state index contributed by atoms with van der Waals surface area (Å²) in [6.45, 7) is 0.0956. The molecule has 8 heteroatoms. The van der Waals surface area contributed by atoms with Gasteiger partial charge in [0.1, 0.15) is 5.75 Å². The fourth-order valence-corrected chi connectivity index (χ4v) is 3.38. The van der Waals surface area contributed by atoms with Crippen LogP contribution in [0.2, 0.25) is 0 Å². The first kappa shape index (κ1) is 16.9. The molecule has 2 aromatic carbocycles. The number of methoxy groups -OCH3 is 1. The highest BCUT2D eigenvalue weighted by molar-refractivity contribution is 7.89. The van der Waals surface area contributed by atoms with E-state index >= 15 is 0 Å². The average Bonchev–Trinajstić information content (AvgIpc) is 2.55. The highest BCUT2D eigenvalue weighted by Crippen LogP contribution is 2.26. The molecular formula is C15H16N2O5S. The lowest BCUT2D eigenvalue weighted by Crippen LogP contribution is -2.27. The Morgan fingerprint density at radius 3 is 2.30 bits per heavy atom. The van der Waals surface area contributed by atoms with Crippen LogP contribution in [0.15, 0.2) is 53.4 Å². The van der Waals surface area contributed by atoms with E-state index in [4.69, 9.17) is 4.74 Å². The van der Waals surface area contributed by atoms with Crippen LogP contribution in [-0.4, -0.2) is 31.8 Å². The van der Waals surface area contributed by atoms with Gasteiger partial charge in [-0.05, 0) is 23.8 Å². The minimum absolute atomic E-state index is 0.0956. The lowest BCUT2D eigenvalue weighted by Gasteiger charge is -2.17. The van der Waals surface area contributed by atoms with Gasteiger partial charge in [0.15, 0.2) is 4.90 Å².